The Kier molecular flexibility index (Phi) is 27.1. The molecule has 0 heterocycles. The molecule has 2 nitrogen and oxygen atoms in total. The van der Waals surface area contributed by atoms with Gasteiger partial charge in [-0.1, -0.05) is 129 Å². The number of carboxylic acids is 1. The predicted octanol–water partition coefficient (Wildman–Crippen LogP) is 6.57. The average Bonchev–Trinajstić information content (AvgIpc) is 2.60. The minimum atomic E-state index is -0.901. The Morgan fingerprint density at radius 1 is 0.500 bits per heavy atom. The maximum Gasteiger partial charge on any atom is 3.00 e. The topological polar surface area (TPSA) is 40.1 Å². The van der Waals surface area contributed by atoms with Crippen molar-refractivity contribution in [2.45, 2.75) is 142 Å². The van der Waals surface area contributed by atoms with Gasteiger partial charge in [0.1, 0.15) is 0 Å². The van der Waals surface area contributed by atoms with Gasteiger partial charge in [-0.2, -0.15) is 0 Å². The Morgan fingerprint density at radius 2 is 0.731 bits per heavy atom. The maximum absolute atomic E-state index is 10.3. The van der Waals surface area contributed by atoms with Crippen LogP contribution in [0, 0.1) is 0 Å². The molecule has 0 radical (unpaired) electrons. The normalized spacial score (nSPS) is 10.7. The van der Waals surface area contributed by atoms with Crippen molar-refractivity contribution in [3.63, 3.8) is 0 Å². The van der Waals surface area contributed by atoms with Crippen molar-refractivity contribution in [3.8, 4) is 0 Å². The van der Waals surface area contributed by atoms with Crippen LogP contribution in [0.2, 0.25) is 0 Å². The third kappa shape index (κ3) is 26.2. The zero-order valence-corrected chi connectivity index (χ0v) is 18.9. The van der Waals surface area contributed by atoms with E-state index in [0.717, 1.165) is 12.8 Å². The largest absolute Gasteiger partial charge is 3.00 e. The second kappa shape index (κ2) is 25.0. The zero-order chi connectivity index (χ0) is 18.4. The van der Waals surface area contributed by atoms with Crippen molar-refractivity contribution < 1.29 is 9.90 Å². The van der Waals surface area contributed by atoms with Gasteiger partial charge in [0.25, 0.3) is 0 Å². The third-order valence-electron chi connectivity index (χ3n) is 5.23. The predicted molar refractivity (Wildman–Crippen MR) is 113 cm³/mol. The van der Waals surface area contributed by atoms with Gasteiger partial charge in [-0.25, -0.2) is 0 Å². The van der Waals surface area contributed by atoms with Crippen molar-refractivity contribution in [1.82, 2.24) is 0 Å². The van der Waals surface area contributed by atoms with Gasteiger partial charge in [0.05, 0.1) is 0 Å². The molecule has 0 aliphatic heterocycles. The van der Waals surface area contributed by atoms with Gasteiger partial charge in [-0.05, 0) is 12.8 Å². The summed E-state index contributed by atoms with van der Waals surface area (Å²) in [6, 6.07) is 0. The van der Waals surface area contributed by atoms with Crippen LogP contribution in [-0.4, -0.2) is 23.3 Å². The van der Waals surface area contributed by atoms with Crippen molar-refractivity contribution in [2.75, 3.05) is 0 Å². The van der Waals surface area contributed by atoms with E-state index in [2.05, 4.69) is 6.92 Å². The Bertz CT molecular complexity index is 269. The van der Waals surface area contributed by atoms with Crippen LogP contribution in [0.25, 0.3) is 0 Å². The van der Waals surface area contributed by atoms with Crippen LogP contribution in [0.4, 0.5) is 0 Å². The fraction of sp³-hybridized carbons (Fsp3) is 0.957. The van der Waals surface area contributed by atoms with Crippen molar-refractivity contribution in [1.29, 1.82) is 0 Å². The number of carbonyl (C=O) groups is 1. The van der Waals surface area contributed by atoms with E-state index in [4.69, 9.17) is 0 Å². The number of carboxylic acid groups (broad SMARTS) is 1. The van der Waals surface area contributed by atoms with Crippen LogP contribution in [0.5, 0.6) is 0 Å². The van der Waals surface area contributed by atoms with Gasteiger partial charge < -0.3 is 9.90 Å². The first-order chi connectivity index (χ1) is 12.3. The summed E-state index contributed by atoms with van der Waals surface area (Å²) in [5.41, 5.74) is 0. The fourth-order valence-corrected chi connectivity index (χ4v) is 3.52. The van der Waals surface area contributed by atoms with Crippen LogP contribution >= 0.6 is 0 Å². The first-order valence-electron chi connectivity index (χ1n) is 11.5. The van der Waals surface area contributed by atoms with Gasteiger partial charge in [0, 0.05) is 5.97 Å². The van der Waals surface area contributed by atoms with Crippen LogP contribution < -0.4 is 5.11 Å². The second-order valence-electron chi connectivity index (χ2n) is 7.84. The molecular formula is C23H45AlO2+2. The molecule has 0 rings (SSSR count). The fourth-order valence-electron chi connectivity index (χ4n) is 3.52. The summed E-state index contributed by atoms with van der Waals surface area (Å²) in [4.78, 5) is 10.3. The van der Waals surface area contributed by atoms with E-state index in [0.29, 0.717) is 0 Å². The Morgan fingerprint density at radius 3 is 0.962 bits per heavy atom. The molecule has 0 atom stereocenters. The van der Waals surface area contributed by atoms with E-state index < -0.39 is 5.97 Å². The van der Waals surface area contributed by atoms with Gasteiger partial charge in [-0.15, -0.1) is 0 Å². The molecule has 3 heteroatoms. The van der Waals surface area contributed by atoms with Crippen LogP contribution in [-0.2, 0) is 4.79 Å². The zero-order valence-electron chi connectivity index (χ0n) is 17.7. The van der Waals surface area contributed by atoms with E-state index in [-0.39, 0.29) is 23.8 Å². The van der Waals surface area contributed by atoms with Crippen LogP contribution in [0.1, 0.15) is 142 Å². The summed E-state index contributed by atoms with van der Waals surface area (Å²) in [7, 11) is 0. The molecule has 0 aliphatic rings. The minimum absolute atomic E-state index is 0. The number of hydrogen-bond acceptors (Lipinski definition) is 2. The van der Waals surface area contributed by atoms with Crippen molar-refractivity contribution >= 4 is 23.3 Å². The maximum atomic E-state index is 10.3. The van der Waals surface area contributed by atoms with Crippen LogP contribution in [0.15, 0.2) is 0 Å². The molecule has 0 spiro atoms. The molecule has 0 aromatic heterocycles. The molecule has 0 aromatic rings. The summed E-state index contributed by atoms with van der Waals surface area (Å²) in [6.07, 6.45) is 27.2. The molecule has 0 aliphatic carbocycles. The SMILES string of the molecule is CCCCCCCCCCCCCCCCCCCCCCC(=O)[O-].[Al+3]. The molecule has 0 amide bonds. The molecule has 0 N–H and O–H groups in total. The first-order valence-corrected chi connectivity index (χ1v) is 11.5. The molecule has 0 fully saturated rings. The van der Waals surface area contributed by atoms with Crippen molar-refractivity contribution in [2.24, 2.45) is 0 Å². The number of aliphatic carboxylic acids is 1. The monoisotopic (exact) mass is 380 g/mol. The minimum Gasteiger partial charge on any atom is -0.550 e. The number of hydrogen-bond donors (Lipinski definition) is 0. The smallest absolute Gasteiger partial charge is 0.550 e. The third-order valence-corrected chi connectivity index (χ3v) is 5.23. The van der Waals surface area contributed by atoms with E-state index in [1.165, 1.54) is 116 Å². The van der Waals surface area contributed by atoms with Crippen molar-refractivity contribution in [3.05, 3.63) is 0 Å². The summed E-state index contributed by atoms with van der Waals surface area (Å²) >= 11 is 0. The van der Waals surface area contributed by atoms with E-state index in [9.17, 15) is 9.90 Å². The van der Waals surface area contributed by atoms with Gasteiger partial charge in [0.15, 0.2) is 0 Å². The summed E-state index contributed by atoms with van der Waals surface area (Å²) < 4.78 is 0. The molecule has 0 unspecified atom stereocenters. The van der Waals surface area contributed by atoms with Gasteiger partial charge in [-0.3, -0.25) is 0 Å². The Hall–Kier alpha value is 0.00247. The molecular weight excluding hydrogens is 335 g/mol. The number of carbonyl (C=O) groups excluding carboxylic acids is 1. The second-order valence-corrected chi connectivity index (χ2v) is 7.84. The van der Waals surface area contributed by atoms with E-state index in [1.807, 2.05) is 0 Å². The summed E-state index contributed by atoms with van der Waals surface area (Å²) in [5.74, 6) is -0.901. The van der Waals surface area contributed by atoms with Gasteiger partial charge in [0.2, 0.25) is 0 Å². The first kappa shape index (κ1) is 28.2. The molecule has 150 valence electrons. The molecule has 0 saturated heterocycles. The molecule has 0 saturated carbocycles. The quantitative estimate of drug-likeness (QED) is 0.167. The standard InChI is InChI=1S/C23H46O2.Al/c1-2-3-4-5-6-7-8-9-10-11-12-13-14-15-16-17-18-19-20-21-22-23(24)25;/h2-22H2,1H3,(H,24,25);/q;+3/p-1. The molecule has 0 bridgehead atoms. The Balaban J connectivity index is 0. The molecule has 26 heavy (non-hydrogen) atoms. The Labute approximate surface area is 175 Å². The summed E-state index contributed by atoms with van der Waals surface area (Å²) in [5, 5.41) is 10.3. The number of unbranched alkanes of at least 4 members (excludes halogenated alkanes) is 19. The van der Waals surface area contributed by atoms with Gasteiger partial charge >= 0.3 is 17.4 Å². The summed E-state index contributed by atoms with van der Waals surface area (Å²) in [6.45, 7) is 2.28. The number of rotatable bonds is 21. The molecule has 0 aromatic carbocycles. The average molecular weight is 381 g/mol. The van der Waals surface area contributed by atoms with E-state index in [1.54, 1.807) is 0 Å². The van der Waals surface area contributed by atoms with E-state index >= 15 is 0 Å². The van der Waals surface area contributed by atoms with Crippen LogP contribution in [0.3, 0.4) is 0 Å².